The first-order valence-electron chi connectivity index (χ1n) is 6.82. The summed E-state index contributed by atoms with van der Waals surface area (Å²) < 4.78 is 20.3. The summed E-state index contributed by atoms with van der Waals surface area (Å²) in [5.74, 6) is -0.193. The highest BCUT2D eigenvalue weighted by molar-refractivity contribution is 7.60. The topological polar surface area (TPSA) is 105 Å². The monoisotopic (exact) mass is 333 g/mol. The molecule has 2 fully saturated rings. The molecule has 0 aromatic heterocycles. The number of nitrogens with one attached hydrogen (secondary N) is 1. The third kappa shape index (κ3) is 3.55. The summed E-state index contributed by atoms with van der Waals surface area (Å²) in [4.78, 5) is 37.2. The molecule has 1 N–H and O–H groups in total. The highest BCUT2D eigenvalue weighted by Gasteiger charge is 2.50. The van der Waals surface area contributed by atoms with Crippen molar-refractivity contribution >= 4 is 29.9 Å². The lowest BCUT2D eigenvalue weighted by atomic mass is 9.99. The minimum atomic E-state index is -0.744. The summed E-state index contributed by atoms with van der Waals surface area (Å²) in [7, 11) is 0. The van der Waals surface area contributed by atoms with Gasteiger partial charge in [0, 0.05) is 13.0 Å². The predicted octanol–water partition coefficient (Wildman–Crippen LogP) is -0.249. The molecule has 0 aromatic rings. The molecule has 10 heteroatoms. The molecular formula is C12H19N3O6S. The Morgan fingerprint density at radius 1 is 1.41 bits per heavy atom. The number of alkyl carbamates (subject to hydrolysis) is 1. The number of hydrogen-bond acceptors (Lipinski definition) is 6. The molecule has 0 spiro atoms. The molecule has 2 bridgehead atoms. The van der Waals surface area contributed by atoms with Gasteiger partial charge in [-0.1, -0.05) is 0 Å². The van der Waals surface area contributed by atoms with Gasteiger partial charge in [-0.15, -0.1) is 0 Å². The van der Waals surface area contributed by atoms with Crippen molar-refractivity contribution in [1.82, 2.24) is 15.3 Å². The molecule has 2 saturated heterocycles. The molecule has 2 aliphatic heterocycles. The van der Waals surface area contributed by atoms with Crippen LogP contribution in [0.1, 0.15) is 27.2 Å². The molecule has 0 unspecified atom stereocenters. The Labute approximate surface area is 131 Å². The van der Waals surface area contributed by atoms with E-state index in [0.29, 0.717) is 0 Å². The number of amides is 3. The van der Waals surface area contributed by atoms with Gasteiger partial charge in [0.1, 0.15) is 11.6 Å². The van der Waals surface area contributed by atoms with Crippen molar-refractivity contribution in [3.05, 3.63) is 0 Å². The smallest absolute Gasteiger partial charge is 0.407 e. The Balaban J connectivity index is 1.96. The molecule has 124 valence electrons. The molecule has 2 heterocycles. The van der Waals surface area contributed by atoms with Gasteiger partial charge in [0.05, 0.1) is 12.6 Å². The maximum Gasteiger partial charge on any atom is 0.407 e. The second kappa shape index (κ2) is 6.21. The molecule has 9 nitrogen and oxygen atoms in total. The van der Waals surface area contributed by atoms with Gasteiger partial charge in [0.25, 0.3) is 0 Å². The van der Waals surface area contributed by atoms with E-state index >= 15 is 0 Å². The Hall–Kier alpha value is -1.68. The number of carbonyl (C=O) groups is 3. The van der Waals surface area contributed by atoms with E-state index in [9.17, 15) is 18.6 Å². The number of rotatable bonds is 4. The number of hydrogen-bond donors (Lipinski definition) is 2. The number of fused-ring (bicyclic) bond motifs is 2. The van der Waals surface area contributed by atoms with Gasteiger partial charge in [0.2, 0.25) is 0 Å². The average molecular weight is 333 g/mol. The summed E-state index contributed by atoms with van der Waals surface area (Å²) in [5.41, 5.74) is -0.626. The van der Waals surface area contributed by atoms with Gasteiger partial charge in [-0.3, -0.25) is 4.79 Å². The first kappa shape index (κ1) is 16.7. The van der Waals surface area contributed by atoms with Crippen LogP contribution in [0.4, 0.5) is 9.59 Å². The fourth-order valence-corrected chi connectivity index (χ4v) is 2.70. The number of urea groups is 1. The maximum atomic E-state index is 12.1. The predicted molar refractivity (Wildman–Crippen MR) is 76.0 cm³/mol. The number of piperidine rings is 1. The van der Waals surface area contributed by atoms with Crippen molar-refractivity contribution in [2.24, 2.45) is 0 Å². The minimum Gasteiger partial charge on any atom is -0.444 e. The molecule has 0 aromatic carbocycles. The quantitative estimate of drug-likeness (QED) is 0.688. The van der Waals surface area contributed by atoms with Gasteiger partial charge in [-0.05, 0) is 20.8 Å². The minimum absolute atomic E-state index is 0.0990. The molecule has 22 heavy (non-hydrogen) atoms. The van der Waals surface area contributed by atoms with Gasteiger partial charge in [0.15, 0.2) is 17.7 Å². The summed E-state index contributed by atoms with van der Waals surface area (Å²) in [6.45, 7) is 5.48. The molecular weight excluding hydrogens is 314 g/mol. The van der Waals surface area contributed by atoms with E-state index in [0.717, 1.165) is 5.06 Å². The number of ketones is 1. The second-order valence-corrected chi connectivity index (χ2v) is 6.45. The second-order valence-electron chi connectivity index (χ2n) is 6.14. The molecule has 3 amide bonds. The highest BCUT2D eigenvalue weighted by Crippen LogP contribution is 2.27. The zero-order valence-corrected chi connectivity index (χ0v) is 13.5. The van der Waals surface area contributed by atoms with Crippen LogP contribution in [-0.4, -0.2) is 62.9 Å². The van der Waals surface area contributed by atoms with Gasteiger partial charge in [-0.25, -0.2) is 13.8 Å². The Bertz CT molecular complexity index is 506. The maximum absolute atomic E-state index is 12.1. The number of carbonyl (C=O) groups excluding carboxylic acids is 3. The van der Waals surface area contributed by atoms with E-state index in [4.69, 9.17) is 4.74 Å². The zero-order chi connectivity index (χ0) is 16.5. The molecule has 2 aliphatic rings. The Morgan fingerprint density at radius 3 is 2.68 bits per heavy atom. The third-order valence-corrected chi connectivity index (χ3v) is 3.58. The van der Waals surface area contributed by atoms with Crippen LogP contribution in [0, 0.1) is 0 Å². The number of Topliss-reactive ketones (excluding diaryl/α,β-unsaturated/α-hetero) is 1. The van der Waals surface area contributed by atoms with Crippen LogP contribution in [0.15, 0.2) is 0 Å². The van der Waals surface area contributed by atoms with E-state index in [-0.39, 0.29) is 25.3 Å². The average Bonchev–Trinajstić information content (AvgIpc) is 2.67. The first-order chi connectivity index (χ1) is 10.2. The van der Waals surface area contributed by atoms with Crippen molar-refractivity contribution in [2.75, 3.05) is 13.1 Å². The fourth-order valence-electron chi connectivity index (χ4n) is 2.44. The fraction of sp³-hybridized carbons (Fsp3) is 0.750. The first-order valence-corrected chi connectivity index (χ1v) is 7.55. The molecule has 0 aliphatic carbocycles. The van der Waals surface area contributed by atoms with Crippen molar-refractivity contribution in [2.45, 2.75) is 44.9 Å². The van der Waals surface area contributed by atoms with Crippen molar-refractivity contribution in [3.63, 3.8) is 0 Å². The summed E-state index contributed by atoms with van der Waals surface area (Å²) in [5, 5.41) is 3.37. The summed E-state index contributed by atoms with van der Waals surface area (Å²) in [6, 6.07) is -1.75. The van der Waals surface area contributed by atoms with Crippen molar-refractivity contribution in [3.8, 4) is 0 Å². The van der Waals surface area contributed by atoms with E-state index in [1.54, 1.807) is 20.8 Å². The zero-order valence-electron chi connectivity index (χ0n) is 12.6. The van der Waals surface area contributed by atoms with Crippen LogP contribution in [-0.2, 0) is 25.8 Å². The lowest BCUT2D eigenvalue weighted by Crippen LogP contribution is -2.50. The largest absolute Gasteiger partial charge is 0.444 e. The van der Waals surface area contributed by atoms with E-state index < -0.39 is 41.8 Å². The van der Waals surface area contributed by atoms with Gasteiger partial charge in [-0.2, -0.15) is 9.35 Å². The van der Waals surface area contributed by atoms with Crippen LogP contribution < -0.4 is 5.32 Å². The van der Waals surface area contributed by atoms with Gasteiger partial charge < -0.3 is 15.0 Å². The van der Waals surface area contributed by atoms with E-state index in [1.165, 1.54) is 4.90 Å². The SMILES string of the molecule is CC(C)(C)OC(=O)NC[C@@H]1CC(=O)[C@@H]2CN1C(=O)N2O[SH]=O. The van der Waals surface area contributed by atoms with Crippen molar-refractivity contribution < 1.29 is 27.6 Å². The van der Waals surface area contributed by atoms with E-state index in [2.05, 4.69) is 9.60 Å². The number of hydroxylamine groups is 2. The number of thiol groups is 1. The highest BCUT2D eigenvalue weighted by atomic mass is 32.2. The molecule has 0 radical (unpaired) electrons. The standard InChI is InChI=1S/C12H19N3O6S/c1-12(2,3)20-10(17)13-5-7-4-9(16)8-6-14(7)11(18)15(8)21-22-19/h7-8,22H,4-6H2,1-3H3,(H,13,17)/t7-,8-/m0/s1. The third-order valence-electron chi connectivity index (χ3n) is 3.34. The molecule has 2 rings (SSSR count). The van der Waals surface area contributed by atoms with Gasteiger partial charge >= 0.3 is 12.1 Å². The van der Waals surface area contributed by atoms with Crippen LogP contribution in [0.25, 0.3) is 0 Å². The van der Waals surface area contributed by atoms with Crippen LogP contribution in [0.2, 0.25) is 0 Å². The van der Waals surface area contributed by atoms with Crippen molar-refractivity contribution in [1.29, 1.82) is 0 Å². The van der Waals surface area contributed by atoms with Crippen LogP contribution >= 0.6 is 0 Å². The van der Waals surface area contributed by atoms with Crippen LogP contribution in [0.3, 0.4) is 0 Å². The molecule has 2 atom stereocenters. The lowest BCUT2D eigenvalue weighted by Gasteiger charge is -2.30. The van der Waals surface area contributed by atoms with E-state index in [1.807, 2.05) is 0 Å². The molecule has 0 saturated carbocycles. The summed E-state index contributed by atoms with van der Waals surface area (Å²) >= 11 is -0.696. The Morgan fingerprint density at radius 2 is 2.09 bits per heavy atom. The lowest BCUT2D eigenvalue weighted by molar-refractivity contribution is -0.130. The Kier molecular flexibility index (Phi) is 4.71. The summed E-state index contributed by atoms with van der Waals surface area (Å²) in [6.07, 6.45) is -0.512. The number of ether oxygens (including phenoxy) is 1. The van der Waals surface area contributed by atoms with Crippen LogP contribution in [0.5, 0.6) is 0 Å². The number of nitrogens with zero attached hydrogens (tertiary/aromatic N) is 2. The normalized spacial score (nSPS) is 24.7.